The number of carbonyl (C=O) groups is 6. The molecule has 0 unspecified atom stereocenters. The van der Waals surface area contributed by atoms with Crippen LogP contribution in [0.4, 0.5) is 0 Å². The summed E-state index contributed by atoms with van der Waals surface area (Å²) in [5.41, 5.74) is 30.7. The number of imide groups is 3. The summed E-state index contributed by atoms with van der Waals surface area (Å²) in [6.07, 6.45) is 5.17. The number of benzene rings is 7. The van der Waals surface area contributed by atoms with Gasteiger partial charge in [-0.3, -0.25) is 43.4 Å². The fourth-order valence-electron chi connectivity index (χ4n) is 13.7. The van der Waals surface area contributed by atoms with Gasteiger partial charge in [0.05, 0.1) is 108 Å². The molecule has 16 aromatic rings. The maximum atomic E-state index is 13.2. The Kier molecular flexibility index (Phi) is 29.1. The molecule has 596 valence electrons. The van der Waals surface area contributed by atoms with Crippen molar-refractivity contribution in [3.8, 4) is 0 Å². The van der Waals surface area contributed by atoms with Crippen LogP contribution in [0.15, 0.2) is 203 Å². The molecule has 0 radical (unpaired) electrons. The number of thiazole rings is 3. The smallest absolute Gasteiger partial charge is 0.587 e. The normalized spacial score (nSPS) is 12.3. The number of nitrogens with two attached hydrogens (primary N) is 1. The number of aryl methyl sites for hydroxylation is 6. The molecule has 7 N–H and O–H groups in total. The topological polar surface area (TPSA) is 397 Å². The number of alkyl halides is 3. The number of fused-ring (bicyclic) bond motifs is 12. The first-order valence-electron chi connectivity index (χ1n) is 35.7. The van der Waals surface area contributed by atoms with Crippen molar-refractivity contribution in [2.75, 3.05) is 0 Å². The number of carbonyl (C=O) groups excluding carboxylic acids is 6. The van der Waals surface area contributed by atoms with Gasteiger partial charge >= 0.3 is 51.4 Å². The molecule has 35 heteroatoms. The molecule has 6 amide bonds. The number of halogens is 3. The van der Waals surface area contributed by atoms with Crippen LogP contribution in [0.5, 0.6) is 0 Å². The fraction of sp³-hybridized carbons (Fsp3) is 0.169. The molecule has 9 aromatic heterocycles. The number of hydrogen-bond acceptors (Lipinski definition) is 21. The van der Waals surface area contributed by atoms with Crippen LogP contribution in [0, 0.1) is 31.8 Å². The predicted molar refractivity (Wildman–Crippen MR) is 466 cm³/mol. The Morgan fingerprint density at radius 3 is 1.07 bits per heavy atom. The molecule has 28 nitrogen and oxygen atoms in total. The molecule has 0 bridgehead atoms. The van der Waals surface area contributed by atoms with E-state index < -0.39 is 11.8 Å². The molecule has 0 spiro atoms. The van der Waals surface area contributed by atoms with E-state index in [0.717, 1.165) is 112 Å². The minimum absolute atomic E-state index is 0. The first-order valence-corrected chi connectivity index (χ1v) is 41.5. The predicted octanol–water partition coefficient (Wildman–Crippen LogP) is 12.1. The van der Waals surface area contributed by atoms with Crippen molar-refractivity contribution >= 4 is 181 Å². The van der Waals surface area contributed by atoms with Gasteiger partial charge in [-0.05, 0) is 89.5 Å². The average Bonchev–Trinajstić information content (AvgIpc) is 1.60. The molecule has 0 aliphatic carbocycles. The Balaban J connectivity index is 0.000000156. The van der Waals surface area contributed by atoms with Crippen LogP contribution in [-0.2, 0) is 69.9 Å². The number of H-pyrrole nitrogens is 1. The van der Waals surface area contributed by atoms with Crippen molar-refractivity contribution < 1.29 is 87.1 Å². The van der Waals surface area contributed by atoms with Gasteiger partial charge in [0, 0.05) is 72.4 Å². The van der Waals surface area contributed by atoms with Gasteiger partial charge in [-0.1, -0.05) is 193 Å². The molecular formula is C83H74Br3KN18O10S3. The van der Waals surface area contributed by atoms with Crippen LogP contribution in [0.25, 0.3) is 69.1 Å². The van der Waals surface area contributed by atoms with Gasteiger partial charge in [-0.2, -0.15) is 15.3 Å². The van der Waals surface area contributed by atoms with E-state index in [1.54, 1.807) is 125 Å². The number of aromatic amines is 1. The van der Waals surface area contributed by atoms with E-state index in [1.165, 1.54) is 30.3 Å². The van der Waals surface area contributed by atoms with E-state index in [2.05, 4.69) is 113 Å². The summed E-state index contributed by atoms with van der Waals surface area (Å²) in [4.78, 5) is 125. The molecule has 3 aliphatic heterocycles. The van der Waals surface area contributed by atoms with E-state index in [9.17, 15) is 43.2 Å². The molecular weight excluding hydrogens is 1780 g/mol. The Morgan fingerprint density at radius 2 is 0.712 bits per heavy atom. The molecule has 19 rings (SSSR count). The molecule has 0 atom stereocenters. The Bertz CT molecular complexity index is 6650. The molecule has 118 heavy (non-hydrogen) atoms. The average molecular weight is 1860 g/mol. The summed E-state index contributed by atoms with van der Waals surface area (Å²) < 4.78 is 11.5. The zero-order chi connectivity index (χ0) is 82.3. The van der Waals surface area contributed by atoms with Gasteiger partial charge < -0.3 is 39.8 Å². The number of hydrogen-bond donors (Lipinski definition) is 4. The maximum Gasteiger partial charge on any atom is 1.00 e. The van der Waals surface area contributed by atoms with Crippen LogP contribution in [-0.4, -0.2) is 109 Å². The minimum Gasteiger partial charge on any atom is -0.587 e. The van der Waals surface area contributed by atoms with Gasteiger partial charge in [0.2, 0.25) is 0 Å². The largest absolute Gasteiger partial charge is 1.00 e. The standard InChI is InChI=1S/C25H19N5O3S.C17H17N5OS.C16H12BrNO2.C9H8N4OS.C8H8Br2.C8H5NO2.K.H2N2.H2O.H2/c1-14-27-22-21(34-14)19-11-26-30(25(33)20(19)28(22)2)13-16-7-5-6-15(10-16)12-29-23(31)17-8-3-4-9-18(17)24(29)32;1-10-20-16-15(24-10)13-8-19-22(17(23)14(13)21(16)2)9-12-5-3-4-11(6-12)7-18;17-9-11-4-3-5-12(8-11)10-18-15(19)13-6-1-2-7-14(13)16(18)20;1-4-11-8-7(15-4)5-3-10-12-9(14)6(5)13(8)2;9-5-7-2-1-3-8(4-7)6-10;10-7-5-3-1-2-4-6(5)8(11)9-7;;1-2;;/h3-11H,12-13H2,1-2H3;3-6,8H,7,9,18H2,1-2H3;1-8H,9-10H2;3H,1-2H3,(H,12,14);1-4H,5-6H2;1-4H,(H,9,10,11);;1-2H;1H2;1H/q;;;;;;+1;;;/p-1. The molecule has 0 fully saturated rings. The zero-order valence-corrected chi connectivity index (χ0v) is 74.8. The number of aromatic nitrogens is 12. The van der Waals surface area contributed by atoms with Crippen molar-refractivity contribution in [2.45, 2.75) is 69.5 Å². The van der Waals surface area contributed by atoms with Crippen LogP contribution < -0.4 is 73.8 Å². The summed E-state index contributed by atoms with van der Waals surface area (Å²) in [5.74, 6) is -1.86. The van der Waals surface area contributed by atoms with Crippen molar-refractivity contribution in [1.29, 1.82) is 11.1 Å². The first kappa shape index (κ1) is 88.3. The Hall–Kier alpha value is -10.5. The number of rotatable bonds is 12. The monoisotopic (exact) mass is 1850 g/mol. The van der Waals surface area contributed by atoms with E-state index in [-0.39, 0.29) is 112 Å². The summed E-state index contributed by atoms with van der Waals surface area (Å²) in [6.45, 7) is 7.53. The molecule has 0 saturated heterocycles. The Labute approximate surface area is 753 Å². The molecule has 7 aromatic carbocycles. The third-order valence-corrected chi connectivity index (χ3v) is 24.0. The summed E-state index contributed by atoms with van der Waals surface area (Å²) in [6, 6.07) is 52.2. The quantitative estimate of drug-likeness (QED) is 0.0382. The third-order valence-electron chi connectivity index (χ3n) is 19.1. The number of nitrogens with one attached hydrogen (secondary N) is 3. The SMILES string of the molecule is BrCc1cccc(CBr)c1.Cc1nc2c(s1)c1cn[nH]c(=O)c1n2C.Cc1nc2c(s1)c1cnn(Cc3cccc(CN)c3)c(=O)c1n2C.Cc1nc2c(s1)c1cnn(Cc3cccc(CN4C(=O)c5ccccc5C4=O)c3)c(=O)c1n2C.N=N.O.O=C1[N-]C(=O)c2ccccc21.O=C1c2ccccc2C(=O)N1Cc1cccc(CBr)c1.[HH].[K+]. The maximum absolute atomic E-state index is 13.2. The fourth-order valence-corrected chi connectivity index (χ4v) is 17.6. The van der Waals surface area contributed by atoms with E-state index >= 15 is 0 Å². The molecule has 12 heterocycles. The van der Waals surface area contributed by atoms with Crippen molar-refractivity contribution in [2.24, 2.45) is 26.9 Å². The Morgan fingerprint density at radius 1 is 0.415 bits per heavy atom. The summed E-state index contributed by atoms with van der Waals surface area (Å²) in [5, 5.41) is 26.4. The summed E-state index contributed by atoms with van der Waals surface area (Å²) >= 11 is 14.9. The van der Waals surface area contributed by atoms with Gasteiger partial charge in [-0.15, -0.1) is 34.0 Å². The molecule has 3 aliphatic rings. The van der Waals surface area contributed by atoms with E-state index in [1.807, 2.05) is 128 Å². The number of nitrogens with zero attached hydrogens (tertiary/aromatic N) is 14. The number of amides is 6. The second-order valence-electron chi connectivity index (χ2n) is 26.7. The summed E-state index contributed by atoms with van der Waals surface area (Å²) in [7, 11) is 5.57. The van der Waals surface area contributed by atoms with Crippen LogP contribution in [0.3, 0.4) is 0 Å². The van der Waals surface area contributed by atoms with Crippen LogP contribution >= 0.6 is 81.8 Å². The van der Waals surface area contributed by atoms with Gasteiger partial charge in [0.15, 0.2) is 16.9 Å². The van der Waals surface area contributed by atoms with Crippen LogP contribution in [0.1, 0.15) is 123 Å². The zero-order valence-electron chi connectivity index (χ0n) is 64.4. The van der Waals surface area contributed by atoms with Crippen molar-refractivity contribution in [1.82, 2.24) is 68.2 Å². The van der Waals surface area contributed by atoms with Crippen molar-refractivity contribution in [3.05, 3.63) is 318 Å². The second kappa shape index (κ2) is 38.9. The van der Waals surface area contributed by atoms with E-state index in [4.69, 9.17) is 16.8 Å². The third kappa shape index (κ3) is 18.4. The first-order chi connectivity index (χ1) is 56.0. The van der Waals surface area contributed by atoms with Gasteiger partial charge in [0.1, 0.15) is 16.6 Å². The van der Waals surface area contributed by atoms with Crippen LogP contribution in [0.2, 0.25) is 0 Å². The van der Waals surface area contributed by atoms with Gasteiger partial charge in [0.25, 0.3) is 40.3 Å². The van der Waals surface area contributed by atoms with Gasteiger partial charge in [-0.25, -0.2) is 40.5 Å². The van der Waals surface area contributed by atoms with Crippen molar-refractivity contribution in [3.63, 3.8) is 0 Å². The molecule has 0 saturated carbocycles. The van der Waals surface area contributed by atoms with E-state index in [0.29, 0.717) is 69.6 Å². The minimum atomic E-state index is -0.425. The second-order valence-corrected chi connectivity index (χ2v) is 32.0.